The van der Waals surface area contributed by atoms with Crippen LogP contribution in [0.15, 0.2) is 12.3 Å². The molecule has 146 valence electrons. The molecule has 0 bridgehead atoms. The Hall–Kier alpha value is -2.75. The highest BCUT2D eigenvalue weighted by molar-refractivity contribution is 5.45. The van der Waals surface area contributed by atoms with Crippen LogP contribution in [0.2, 0.25) is 0 Å². The third kappa shape index (κ3) is 4.00. The van der Waals surface area contributed by atoms with Gasteiger partial charge in [0.05, 0.1) is 14.2 Å². The van der Waals surface area contributed by atoms with E-state index in [9.17, 15) is 5.11 Å². The lowest BCUT2D eigenvalue weighted by molar-refractivity contribution is 0.189. The molecular weight excluding hydrogens is 350 g/mol. The van der Waals surface area contributed by atoms with E-state index in [1.54, 1.807) is 13.1 Å². The molecule has 0 aliphatic carbocycles. The molecule has 1 saturated heterocycles. The molecule has 3 rings (SSSR count). The quantitative estimate of drug-likeness (QED) is 0.807. The van der Waals surface area contributed by atoms with E-state index in [2.05, 4.69) is 48.6 Å². The molecule has 2 aromatic heterocycles. The minimum Gasteiger partial charge on any atom is -0.467 e. The molecule has 10 heteroatoms. The maximum atomic E-state index is 9.74. The molecule has 3 unspecified atom stereocenters. The number of aliphatic hydroxyl groups excluding tert-OH is 1. The molecule has 0 radical (unpaired) electrons. The third-order valence-electron chi connectivity index (χ3n) is 4.45. The SMILES string of the molecule is COc1nc(OC)nc(N2C(C)CN(c3ccnc(C(C)O)n3)CC2C)n1. The number of hydrogen-bond donors (Lipinski definition) is 1. The predicted molar refractivity (Wildman–Crippen MR) is 99.2 cm³/mol. The fourth-order valence-corrected chi connectivity index (χ4v) is 3.27. The van der Waals surface area contributed by atoms with E-state index in [0.29, 0.717) is 11.8 Å². The zero-order chi connectivity index (χ0) is 19.6. The summed E-state index contributed by atoms with van der Waals surface area (Å²) in [6, 6.07) is 2.51. The van der Waals surface area contributed by atoms with Crippen molar-refractivity contribution in [3.05, 3.63) is 18.1 Å². The lowest BCUT2D eigenvalue weighted by Crippen LogP contribution is -2.57. The number of aromatic nitrogens is 5. The first-order valence-corrected chi connectivity index (χ1v) is 8.81. The summed E-state index contributed by atoms with van der Waals surface area (Å²) < 4.78 is 10.3. The van der Waals surface area contributed by atoms with Gasteiger partial charge in [-0.2, -0.15) is 9.97 Å². The van der Waals surface area contributed by atoms with Crippen LogP contribution in [0.3, 0.4) is 0 Å². The monoisotopic (exact) mass is 375 g/mol. The van der Waals surface area contributed by atoms with Gasteiger partial charge < -0.3 is 24.4 Å². The van der Waals surface area contributed by atoms with Gasteiger partial charge in [0.25, 0.3) is 0 Å². The Balaban J connectivity index is 1.85. The van der Waals surface area contributed by atoms with Crippen molar-refractivity contribution >= 4 is 11.8 Å². The van der Waals surface area contributed by atoms with Gasteiger partial charge in [-0.1, -0.05) is 0 Å². The predicted octanol–water partition coefficient (Wildman–Crippen LogP) is 0.836. The largest absolute Gasteiger partial charge is 0.467 e. The number of hydrogen-bond acceptors (Lipinski definition) is 10. The summed E-state index contributed by atoms with van der Waals surface area (Å²) in [4.78, 5) is 25.7. The summed E-state index contributed by atoms with van der Waals surface area (Å²) in [7, 11) is 3.02. The summed E-state index contributed by atoms with van der Waals surface area (Å²) in [5.41, 5.74) is 0. The second-order valence-electron chi connectivity index (χ2n) is 6.57. The normalized spacial score (nSPS) is 21.1. The number of methoxy groups -OCH3 is 2. The molecule has 27 heavy (non-hydrogen) atoms. The minimum atomic E-state index is -0.703. The van der Waals surface area contributed by atoms with Gasteiger partial charge in [-0.3, -0.25) is 0 Å². The molecule has 1 aliphatic rings. The van der Waals surface area contributed by atoms with Crippen LogP contribution in [-0.2, 0) is 0 Å². The van der Waals surface area contributed by atoms with Crippen LogP contribution >= 0.6 is 0 Å². The van der Waals surface area contributed by atoms with E-state index in [1.807, 2.05) is 6.07 Å². The Morgan fingerprint density at radius 1 is 1.04 bits per heavy atom. The first kappa shape index (κ1) is 19.0. The van der Waals surface area contributed by atoms with Crippen molar-refractivity contribution in [2.24, 2.45) is 0 Å². The first-order chi connectivity index (χ1) is 12.9. The number of nitrogens with zero attached hydrogens (tertiary/aromatic N) is 7. The van der Waals surface area contributed by atoms with Crippen molar-refractivity contribution < 1.29 is 14.6 Å². The average Bonchev–Trinajstić information content (AvgIpc) is 2.67. The van der Waals surface area contributed by atoms with Crippen LogP contribution < -0.4 is 19.3 Å². The maximum absolute atomic E-state index is 9.74. The van der Waals surface area contributed by atoms with E-state index < -0.39 is 6.10 Å². The van der Waals surface area contributed by atoms with Crippen molar-refractivity contribution in [3.8, 4) is 12.0 Å². The summed E-state index contributed by atoms with van der Waals surface area (Å²) >= 11 is 0. The molecule has 0 aromatic carbocycles. The average molecular weight is 375 g/mol. The van der Waals surface area contributed by atoms with E-state index in [1.165, 1.54) is 14.2 Å². The Labute approximate surface area is 158 Å². The van der Waals surface area contributed by atoms with E-state index in [0.717, 1.165) is 18.9 Å². The number of rotatable bonds is 5. The zero-order valence-electron chi connectivity index (χ0n) is 16.2. The van der Waals surface area contributed by atoms with Gasteiger partial charge in [0.2, 0.25) is 5.95 Å². The maximum Gasteiger partial charge on any atom is 0.324 e. The van der Waals surface area contributed by atoms with Gasteiger partial charge in [-0.15, -0.1) is 4.98 Å². The summed E-state index contributed by atoms with van der Waals surface area (Å²) in [6.45, 7) is 7.29. The Bertz CT molecular complexity index is 755. The summed E-state index contributed by atoms with van der Waals surface area (Å²) in [6.07, 6.45) is 0.972. The molecule has 10 nitrogen and oxygen atoms in total. The molecule has 1 aliphatic heterocycles. The summed E-state index contributed by atoms with van der Waals surface area (Å²) in [5.74, 6) is 1.73. The minimum absolute atomic E-state index is 0.107. The molecule has 3 atom stereocenters. The lowest BCUT2D eigenvalue weighted by atomic mass is 10.1. The highest BCUT2D eigenvalue weighted by atomic mass is 16.5. The standard InChI is InChI=1S/C17H25N7O3/c1-10-8-23(13-6-7-18-14(19-13)12(3)25)9-11(2)24(10)15-20-16(26-4)22-17(21-15)27-5/h6-7,10-12,25H,8-9H2,1-5H3. The molecule has 0 amide bonds. The Morgan fingerprint density at radius 3 is 2.15 bits per heavy atom. The Kier molecular flexibility index (Phi) is 5.54. The zero-order valence-corrected chi connectivity index (χ0v) is 16.2. The molecular formula is C17H25N7O3. The van der Waals surface area contributed by atoms with E-state index in [4.69, 9.17) is 9.47 Å². The number of aliphatic hydroxyl groups is 1. The molecule has 2 aromatic rings. The van der Waals surface area contributed by atoms with Crippen LogP contribution in [0.25, 0.3) is 0 Å². The third-order valence-corrected chi connectivity index (χ3v) is 4.45. The second kappa shape index (κ2) is 7.87. The highest BCUT2D eigenvalue weighted by Gasteiger charge is 2.33. The highest BCUT2D eigenvalue weighted by Crippen LogP contribution is 2.26. The van der Waals surface area contributed by atoms with Crippen molar-refractivity contribution in [3.63, 3.8) is 0 Å². The summed E-state index contributed by atoms with van der Waals surface area (Å²) in [5, 5.41) is 9.74. The fourth-order valence-electron chi connectivity index (χ4n) is 3.27. The van der Waals surface area contributed by atoms with Gasteiger partial charge in [0.1, 0.15) is 11.9 Å². The van der Waals surface area contributed by atoms with Crippen molar-refractivity contribution in [1.29, 1.82) is 0 Å². The molecule has 3 heterocycles. The fraction of sp³-hybridized carbons (Fsp3) is 0.588. The van der Waals surface area contributed by atoms with Crippen molar-refractivity contribution in [2.45, 2.75) is 39.0 Å². The van der Waals surface area contributed by atoms with Crippen LogP contribution in [0.4, 0.5) is 11.8 Å². The number of anilines is 2. The second-order valence-corrected chi connectivity index (χ2v) is 6.57. The van der Waals surface area contributed by atoms with Gasteiger partial charge in [0.15, 0.2) is 5.82 Å². The van der Waals surface area contributed by atoms with Gasteiger partial charge >= 0.3 is 12.0 Å². The topological polar surface area (TPSA) is 110 Å². The smallest absolute Gasteiger partial charge is 0.324 e. The molecule has 1 N–H and O–H groups in total. The van der Waals surface area contributed by atoms with Crippen molar-refractivity contribution in [2.75, 3.05) is 37.1 Å². The number of ether oxygens (including phenoxy) is 2. The lowest BCUT2D eigenvalue weighted by Gasteiger charge is -2.44. The van der Waals surface area contributed by atoms with Crippen LogP contribution in [0.1, 0.15) is 32.7 Å². The van der Waals surface area contributed by atoms with Gasteiger partial charge in [-0.05, 0) is 26.8 Å². The van der Waals surface area contributed by atoms with Crippen LogP contribution in [0.5, 0.6) is 12.0 Å². The molecule has 0 saturated carbocycles. The molecule has 0 spiro atoms. The van der Waals surface area contributed by atoms with Crippen LogP contribution in [0, 0.1) is 0 Å². The molecule has 1 fully saturated rings. The van der Waals surface area contributed by atoms with E-state index in [-0.39, 0.29) is 24.1 Å². The first-order valence-electron chi connectivity index (χ1n) is 8.81. The van der Waals surface area contributed by atoms with E-state index >= 15 is 0 Å². The number of piperazine rings is 1. The van der Waals surface area contributed by atoms with Crippen molar-refractivity contribution in [1.82, 2.24) is 24.9 Å². The Morgan fingerprint density at radius 2 is 1.63 bits per heavy atom. The van der Waals surface area contributed by atoms with Gasteiger partial charge in [-0.25, -0.2) is 9.97 Å². The van der Waals surface area contributed by atoms with Gasteiger partial charge in [0, 0.05) is 31.4 Å². The van der Waals surface area contributed by atoms with Crippen LogP contribution in [-0.4, -0.2) is 69.4 Å².